The van der Waals surface area contributed by atoms with Crippen molar-refractivity contribution in [2.45, 2.75) is 38.8 Å². The van der Waals surface area contributed by atoms with E-state index in [0.29, 0.717) is 17.7 Å². The number of fused-ring (bicyclic) bond motifs is 1. The number of hydrogen-bond donors (Lipinski definition) is 3. The molecule has 0 bridgehead atoms. The van der Waals surface area contributed by atoms with Gasteiger partial charge in [-0.1, -0.05) is 25.4 Å². The molecule has 0 saturated carbocycles. The van der Waals surface area contributed by atoms with Gasteiger partial charge in [0.15, 0.2) is 5.78 Å². The minimum Gasteiger partial charge on any atom is -0.460 e. The second kappa shape index (κ2) is 7.74. The summed E-state index contributed by atoms with van der Waals surface area (Å²) in [5, 5.41) is 3.08. The largest absolute Gasteiger partial charge is 0.460 e. The highest BCUT2D eigenvalue weighted by atomic mass is 35.5. The molecule has 7 nitrogen and oxygen atoms in total. The van der Waals surface area contributed by atoms with Crippen LogP contribution in [0.5, 0.6) is 0 Å². The third-order valence-electron chi connectivity index (χ3n) is 6.22. The maximum Gasteiger partial charge on any atom is 0.416 e. The monoisotopic (exact) mass is 505 g/mol. The molecule has 0 spiro atoms. The van der Waals surface area contributed by atoms with E-state index >= 15 is 0 Å². The maximum atomic E-state index is 13.3. The highest BCUT2D eigenvalue weighted by Gasteiger charge is 2.43. The van der Waals surface area contributed by atoms with Crippen molar-refractivity contribution in [1.29, 1.82) is 0 Å². The zero-order valence-corrected chi connectivity index (χ0v) is 19.3. The second-order valence-electron chi connectivity index (χ2n) is 9.48. The number of alkyl halides is 3. The first-order chi connectivity index (χ1) is 16.3. The van der Waals surface area contributed by atoms with Crippen LogP contribution in [0, 0.1) is 5.41 Å². The molecule has 1 aromatic carbocycles. The number of H-pyrrole nitrogens is 2. The molecular formula is C24H19ClF3N3O4. The molecule has 3 aromatic rings. The first-order valence-electron chi connectivity index (χ1n) is 10.7. The first-order valence-corrected chi connectivity index (χ1v) is 11.1. The van der Waals surface area contributed by atoms with Crippen LogP contribution in [0.2, 0.25) is 5.02 Å². The molecule has 2 aliphatic rings. The zero-order valence-electron chi connectivity index (χ0n) is 18.5. The lowest BCUT2D eigenvalue weighted by atomic mass is 9.70. The number of furan rings is 1. The summed E-state index contributed by atoms with van der Waals surface area (Å²) in [7, 11) is 0. The molecule has 0 amide bonds. The molecule has 0 saturated heterocycles. The average molecular weight is 506 g/mol. The third-order valence-corrected chi connectivity index (χ3v) is 6.55. The topological polar surface area (TPSA) is 108 Å². The van der Waals surface area contributed by atoms with Gasteiger partial charge in [0, 0.05) is 23.3 Å². The van der Waals surface area contributed by atoms with Crippen LogP contribution in [0.1, 0.15) is 49.5 Å². The lowest BCUT2D eigenvalue weighted by Gasteiger charge is -2.37. The molecule has 182 valence electrons. The number of aromatic nitrogens is 2. The highest BCUT2D eigenvalue weighted by Crippen LogP contribution is 2.48. The lowest BCUT2D eigenvalue weighted by molar-refractivity contribution is -0.137. The number of nitrogens with one attached hydrogen (secondary N) is 3. The summed E-state index contributed by atoms with van der Waals surface area (Å²) in [5.74, 6) is -0.816. The van der Waals surface area contributed by atoms with Crippen LogP contribution >= 0.6 is 11.6 Å². The summed E-state index contributed by atoms with van der Waals surface area (Å²) in [5.41, 5.74) is -1.71. The SMILES string of the molecule is CC1(C)CC(=O)C2=C(C1)Nc1[nH]c(=O)[nH]c(=O)c1C2c1ccc(-c2cc(C(F)(F)F)ccc2Cl)o1. The number of carbonyl (C=O) groups is 1. The number of carbonyl (C=O) groups excluding carboxylic acids is 1. The Morgan fingerprint density at radius 2 is 1.80 bits per heavy atom. The normalized spacial score (nSPS) is 19.3. The van der Waals surface area contributed by atoms with Gasteiger partial charge in [0.25, 0.3) is 5.56 Å². The van der Waals surface area contributed by atoms with E-state index in [-0.39, 0.29) is 51.1 Å². The van der Waals surface area contributed by atoms with Crippen LogP contribution in [-0.2, 0) is 11.0 Å². The molecule has 35 heavy (non-hydrogen) atoms. The molecule has 3 heterocycles. The van der Waals surface area contributed by atoms with E-state index in [4.69, 9.17) is 16.0 Å². The molecule has 2 aromatic heterocycles. The van der Waals surface area contributed by atoms with Crippen LogP contribution in [-0.4, -0.2) is 15.8 Å². The number of anilines is 1. The van der Waals surface area contributed by atoms with Gasteiger partial charge in [0.1, 0.15) is 17.3 Å². The molecular weight excluding hydrogens is 487 g/mol. The van der Waals surface area contributed by atoms with Crippen molar-refractivity contribution >= 4 is 23.2 Å². The van der Waals surface area contributed by atoms with E-state index in [1.807, 2.05) is 13.8 Å². The predicted octanol–water partition coefficient (Wildman–Crippen LogP) is 5.20. The number of Topliss-reactive ketones (excluding diaryl/α,β-unsaturated/α-hetero) is 1. The van der Waals surface area contributed by atoms with Gasteiger partial charge < -0.3 is 9.73 Å². The number of halogens is 4. The smallest absolute Gasteiger partial charge is 0.416 e. The van der Waals surface area contributed by atoms with Crippen molar-refractivity contribution in [1.82, 2.24) is 9.97 Å². The van der Waals surface area contributed by atoms with Gasteiger partial charge in [0.2, 0.25) is 0 Å². The fourth-order valence-corrected chi connectivity index (χ4v) is 4.98. The Morgan fingerprint density at radius 3 is 2.51 bits per heavy atom. The molecule has 1 aliphatic heterocycles. The van der Waals surface area contributed by atoms with E-state index < -0.39 is 28.9 Å². The fourth-order valence-electron chi connectivity index (χ4n) is 4.77. The molecule has 1 unspecified atom stereocenters. The number of ketones is 1. The predicted molar refractivity (Wildman–Crippen MR) is 122 cm³/mol. The Kier molecular flexibility index (Phi) is 5.14. The Hall–Kier alpha value is -3.53. The highest BCUT2D eigenvalue weighted by molar-refractivity contribution is 6.33. The minimum absolute atomic E-state index is 0.0163. The summed E-state index contributed by atoms with van der Waals surface area (Å²) in [6, 6.07) is 5.81. The average Bonchev–Trinajstić information content (AvgIpc) is 3.20. The molecule has 1 aliphatic carbocycles. The summed E-state index contributed by atoms with van der Waals surface area (Å²) < 4.78 is 45.7. The van der Waals surface area contributed by atoms with Gasteiger partial charge >= 0.3 is 11.9 Å². The Bertz CT molecular complexity index is 1530. The van der Waals surface area contributed by atoms with Crippen molar-refractivity contribution in [3.63, 3.8) is 0 Å². The third kappa shape index (κ3) is 4.01. The number of benzene rings is 1. The van der Waals surface area contributed by atoms with E-state index in [0.717, 1.165) is 18.2 Å². The van der Waals surface area contributed by atoms with Crippen LogP contribution < -0.4 is 16.6 Å². The summed E-state index contributed by atoms with van der Waals surface area (Å²) in [6.45, 7) is 3.87. The Balaban J connectivity index is 1.69. The van der Waals surface area contributed by atoms with E-state index in [2.05, 4.69) is 15.3 Å². The quantitative estimate of drug-likeness (QED) is 0.444. The van der Waals surface area contributed by atoms with E-state index in [1.54, 1.807) is 0 Å². The minimum atomic E-state index is -4.58. The second-order valence-corrected chi connectivity index (χ2v) is 9.89. The molecule has 0 radical (unpaired) electrons. The van der Waals surface area contributed by atoms with Gasteiger partial charge in [0.05, 0.1) is 22.1 Å². The number of hydrogen-bond acceptors (Lipinski definition) is 5. The molecule has 11 heteroatoms. The standard InChI is InChI=1S/C24H19ClF3N3O4/c1-23(2)8-13-17(14(32)9-23)18(19-20(29-13)30-22(34)31-21(19)33)16-6-5-15(35-16)11-7-10(24(26,27)28)3-4-12(11)25/h3-7,18H,8-9H2,1-2H3,(H3,29,30,31,33,34). The Morgan fingerprint density at radius 1 is 1.06 bits per heavy atom. The molecule has 1 atom stereocenters. The molecule has 5 rings (SSSR count). The van der Waals surface area contributed by atoms with Crippen LogP contribution in [0.15, 0.2) is 55.6 Å². The van der Waals surface area contributed by atoms with Crippen molar-refractivity contribution in [2.24, 2.45) is 5.41 Å². The van der Waals surface area contributed by atoms with Crippen molar-refractivity contribution < 1.29 is 22.4 Å². The van der Waals surface area contributed by atoms with Crippen molar-refractivity contribution in [3.05, 3.63) is 84.3 Å². The van der Waals surface area contributed by atoms with E-state index in [9.17, 15) is 27.6 Å². The summed E-state index contributed by atoms with van der Waals surface area (Å²) >= 11 is 6.17. The molecule has 0 fully saturated rings. The first kappa shape index (κ1) is 23.2. The van der Waals surface area contributed by atoms with Crippen LogP contribution in [0.4, 0.5) is 19.0 Å². The van der Waals surface area contributed by atoms with Crippen molar-refractivity contribution in [3.8, 4) is 11.3 Å². The van der Waals surface area contributed by atoms with Gasteiger partial charge in [-0.2, -0.15) is 13.2 Å². The van der Waals surface area contributed by atoms with Gasteiger partial charge in [-0.15, -0.1) is 0 Å². The van der Waals surface area contributed by atoms with E-state index in [1.165, 1.54) is 12.1 Å². The number of allylic oxidation sites excluding steroid dienone is 2. The van der Waals surface area contributed by atoms with Crippen molar-refractivity contribution in [2.75, 3.05) is 5.32 Å². The maximum absolute atomic E-state index is 13.3. The van der Waals surface area contributed by atoms with Gasteiger partial charge in [-0.3, -0.25) is 19.6 Å². The van der Waals surface area contributed by atoms with Crippen LogP contribution in [0.25, 0.3) is 11.3 Å². The molecule has 3 N–H and O–H groups in total. The van der Waals surface area contributed by atoms with Crippen LogP contribution in [0.3, 0.4) is 0 Å². The Labute approximate surface area is 201 Å². The summed E-state index contributed by atoms with van der Waals surface area (Å²) in [4.78, 5) is 42.7. The lowest BCUT2D eigenvalue weighted by Crippen LogP contribution is -2.38. The fraction of sp³-hybridized carbons (Fsp3) is 0.292. The zero-order chi connectivity index (χ0) is 25.3. The summed E-state index contributed by atoms with van der Waals surface area (Å²) in [6.07, 6.45) is -3.87. The number of aromatic amines is 2. The van der Waals surface area contributed by atoms with Gasteiger partial charge in [-0.25, -0.2) is 4.79 Å². The number of rotatable bonds is 2. The van der Waals surface area contributed by atoms with Gasteiger partial charge in [-0.05, 0) is 42.2 Å².